The Bertz CT molecular complexity index is 814. The smallest absolute Gasteiger partial charge is 0.0206 e. The molecule has 0 spiro atoms. The third kappa shape index (κ3) is 2.27. The lowest BCUT2D eigenvalue weighted by Crippen LogP contribution is -2.23. The van der Waals surface area contributed by atoms with E-state index in [-0.39, 0.29) is 10.8 Å². The molecule has 0 heterocycles. The molecule has 0 aromatic heterocycles. The van der Waals surface area contributed by atoms with Crippen molar-refractivity contribution in [2.24, 2.45) is 0 Å². The fourth-order valence-electron chi connectivity index (χ4n) is 4.46. The molecule has 1 saturated carbocycles. The Morgan fingerprint density at radius 1 is 0.917 bits per heavy atom. The summed E-state index contributed by atoms with van der Waals surface area (Å²) in [4.78, 5) is 0. The van der Waals surface area contributed by atoms with Gasteiger partial charge in [-0.1, -0.05) is 74.9 Å². The third-order valence-corrected chi connectivity index (χ3v) is 6.25. The van der Waals surface area contributed by atoms with Crippen LogP contribution in [0.5, 0.6) is 0 Å². The van der Waals surface area contributed by atoms with Crippen molar-refractivity contribution >= 4 is 0 Å². The molecule has 0 bridgehead atoms. The van der Waals surface area contributed by atoms with Crippen LogP contribution in [0.4, 0.5) is 0 Å². The van der Waals surface area contributed by atoms with Gasteiger partial charge in [-0.2, -0.15) is 0 Å². The van der Waals surface area contributed by atoms with Crippen LogP contribution in [-0.2, 0) is 10.8 Å². The predicted octanol–water partition coefficient (Wildman–Crippen LogP) is 6.33. The van der Waals surface area contributed by atoms with Crippen LogP contribution in [0.15, 0.2) is 48.6 Å². The molecule has 124 valence electrons. The summed E-state index contributed by atoms with van der Waals surface area (Å²) in [6.07, 6.45) is 7.32. The van der Waals surface area contributed by atoms with Gasteiger partial charge in [-0.25, -0.2) is 0 Å². The van der Waals surface area contributed by atoms with Crippen molar-refractivity contribution in [2.45, 2.75) is 64.2 Å². The van der Waals surface area contributed by atoms with Gasteiger partial charge >= 0.3 is 0 Å². The van der Waals surface area contributed by atoms with Gasteiger partial charge in [0.25, 0.3) is 0 Å². The van der Waals surface area contributed by atoms with Crippen LogP contribution >= 0.6 is 0 Å². The number of rotatable bonds is 2. The van der Waals surface area contributed by atoms with E-state index < -0.39 is 0 Å². The van der Waals surface area contributed by atoms with Gasteiger partial charge < -0.3 is 0 Å². The van der Waals surface area contributed by atoms with Gasteiger partial charge in [-0.3, -0.25) is 0 Å². The highest BCUT2D eigenvalue weighted by Gasteiger charge is 2.47. The van der Waals surface area contributed by atoms with Crippen LogP contribution in [-0.4, -0.2) is 0 Å². The Hall–Kier alpha value is -1.82. The average molecular weight is 316 g/mol. The Kier molecular flexibility index (Phi) is 3.33. The first-order valence-electron chi connectivity index (χ1n) is 9.25. The molecule has 1 atom stereocenters. The molecule has 0 aliphatic heterocycles. The van der Waals surface area contributed by atoms with E-state index >= 15 is 0 Å². The topological polar surface area (TPSA) is 0 Å². The molecule has 2 aliphatic carbocycles. The molecule has 0 N–H and O–H groups in total. The number of fused-ring (bicyclic) bond motifs is 1. The van der Waals surface area contributed by atoms with Gasteiger partial charge in [0.05, 0.1) is 0 Å². The zero-order valence-corrected chi connectivity index (χ0v) is 15.6. The highest BCUT2D eigenvalue weighted by molar-refractivity contribution is 5.55. The highest BCUT2D eigenvalue weighted by Crippen LogP contribution is 2.55. The van der Waals surface area contributed by atoms with E-state index in [0.717, 1.165) is 0 Å². The quantitative estimate of drug-likeness (QED) is 0.567. The Morgan fingerprint density at radius 3 is 2.21 bits per heavy atom. The van der Waals surface area contributed by atoms with Crippen molar-refractivity contribution in [3.05, 3.63) is 81.9 Å². The summed E-state index contributed by atoms with van der Waals surface area (Å²) in [5.74, 6) is 0.515. The molecule has 2 aromatic rings. The van der Waals surface area contributed by atoms with Crippen molar-refractivity contribution in [2.75, 3.05) is 0 Å². The van der Waals surface area contributed by atoms with E-state index in [9.17, 15) is 0 Å². The number of benzene rings is 2. The van der Waals surface area contributed by atoms with E-state index in [1.807, 2.05) is 0 Å². The lowest BCUT2D eigenvalue weighted by molar-refractivity contribution is 0.628. The van der Waals surface area contributed by atoms with E-state index in [4.69, 9.17) is 0 Å². The molecule has 0 radical (unpaired) electrons. The van der Waals surface area contributed by atoms with Crippen LogP contribution in [0.1, 0.15) is 72.9 Å². The summed E-state index contributed by atoms with van der Waals surface area (Å²) in [6, 6.07) is 14.2. The summed E-state index contributed by atoms with van der Waals surface area (Å²) >= 11 is 0. The largest absolute Gasteiger partial charge is 0.0804 e. The predicted molar refractivity (Wildman–Crippen MR) is 103 cm³/mol. The maximum absolute atomic E-state index is 2.54. The van der Waals surface area contributed by atoms with Gasteiger partial charge in [-0.05, 0) is 60.4 Å². The first-order chi connectivity index (χ1) is 11.3. The molecule has 2 aromatic carbocycles. The zero-order valence-electron chi connectivity index (χ0n) is 15.6. The van der Waals surface area contributed by atoms with Crippen molar-refractivity contribution in [1.82, 2.24) is 0 Å². The second-order valence-corrected chi connectivity index (χ2v) is 8.57. The Morgan fingerprint density at radius 2 is 1.58 bits per heavy atom. The first kappa shape index (κ1) is 15.7. The molecular formula is C24H28. The van der Waals surface area contributed by atoms with E-state index in [1.54, 1.807) is 5.56 Å². The normalized spacial score (nSPS) is 23.0. The molecule has 1 unspecified atom stereocenters. The molecule has 0 amide bonds. The van der Waals surface area contributed by atoms with Crippen LogP contribution in [0, 0.1) is 13.8 Å². The fraction of sp³-hybridized carbons (Fsp3) is 0.417. The fourth-order valence-corrected chi connectivity index (χ4v) is 4.46. The maximum atomic E-state index is 2.54. The molecule has 2 aliphatic rings. The summed E-state index contributed by atoms with van der Waals surface area (Å²) in [5.41, 5.74) is 9.31. The standard InChI is InChI=1S/C24H28/c1-16-6-8-19(9-7-16)24(12-13-24)21-15-20-17(2)10-11-23(4,5)22(20)14-18(21)3/h6-11,14-15,17H,12-13H2,1-5H3. The van der Waals surface area contributed by atoms with Gasteiger partial charge in [-0.15, -0.1) is 0 Å². The summed E-state index contributed by atoms with van der Waals surface area (Å²) in [7, 11) is 0. The van der Waals surface area contributed by atoms with Crippen LogP contribution in [0.3, 0.4) is 0 Å². The molecule has 0 nitrogen and oxygen atoms in total. The number of aryl methyl sites for hydroxylation is 2. The number of allylic oxidation sites excluding steroid dienone is 2. The SMILES string of the molecule is Cc1ccc(C2(c3cc4c(cc3C)C(C)(C)C=CC4C)CC2)cc1. The zero-order chi connectivity index (χ0) is 17.1. The van der Waals surface area contributed by atoms with Gasteiger partial charge in [0, 0.05) is 10.8 Å². The van der Waals surface area contributed by atoms with Gasteiger partial charge in [0.2, 0.25) is 0 Å². The highest BCUT2D eigenvalue weighted by atomic mass is 14.5. The van der Waals surface area contributed by atoms with E-state index in [2.05, 4.69) is 83.2 Å². The van der Waals surface area contributed by atoms with Crippen LogP contribution < -0.4 is 0 Å². The summed E-state index contributed by atoms with van der Waals surface area (Å²) < 4.78 is 0. The van der Waals surface area contributed by atoms with Crippen molar-refractivity contribution < 1.29 is 0 Å². The molecule has 0 saturated heterocycles. The lowest BCUT2D eigenvalue weighted by Gasteiger charge is -2.33. The second-order valence-electron chi connectivity index (χ2n) is 8.57. The molecule has 0 heteroatoms. The minimum Gasteiger partial charge on any atom is -0.0804 e. The molecule has 1 fully saturated rings. The van der Waals surface area contributed by atoms with Crippen molar-refractivity contribution in [3.8, 4) is 0 Å². The van der Waals surface area contributed by atoms with E-state index in [1.165, 1.54) is 40.7 Å². The van der Waals surface area contributed by atoms with Crippen LogP contribution in [0.2, 0.25) is 0 Å². The minimum absolute atomic E-state index is 0.145. The van der Waals surface area contributed by atoms with Gasteiger partial charge in [0.15, 0.2) is 0 Å². The maximum Gasteiger partial charge on any atom is 0.0206 e. The summed E-state index contributed by atoms with van der Waals surface area (Å²) in [6.45, 7) is 11.5. The van der Waals surface area contributed by atoms with E-state index in [0.29, 0.717) is 5.92 Å². The van der Waals surface area contributed by atoms with Crippen molar-refractivity contribution in [1.29, 1.82) is 0 Å². The molecular weight excluding hydrogens is 288 g/mol. The summed E-state index contributed by atoms with van der Waals surface area (Å²) in [5, 5.41) is 0. The molecule has 24 heavy (non-hydrogen) atoms. The van der Waals surface area contributed by atoms with Crippen molar-refractivity contribution in [3.63, 3.8) is 0 Å². The number of hydrogen-bond acceptors (Lipinski definition) is 0. The second kappa shape index (κ2) is 5.09. The Balaban J connectivity index is 1.86. The first-order valence-corrected chi connectivity index (χ1v) is 9.25. The lowest BCUT2D eigenvalue weighted by atomic mass is 9.71. The Labute approximate surface area is 146 Å². The number of hydrogen-bond donors (Lipinski definition) is 0. The monoisotopic (exact) mass is 316 g/mol. The van der Waals surface area contributed by atoms with Crippen LogP contribution in [0.25, 0.3) is 0 Å². The van der Waals surface area contributed by atoms with Gasteiger partial charge in [0.1, 0.15) is 0 Å². The molecule has 4 rings (SSSR count). The third-order valence-electron chi connectivity index (χ3n) is 6.25. The average Bonchev–Trinajstić information content (AvgIpc) is 3.33. The minimum atomic E-state index is 0.145.